The van der Waals surface area contributed by atoms with Crippen LogP contribution in [0.4, 0.5) is 0 Å². The summed E-state index contributed by atoms with van der Waals surface area (Å²) in [5.74, 6) is 2.00. The quantitative estimate of drug-likeness (QED) is 0.0930. The molecule has 2 unspecified atom stereocenters. The second-order valence-electron chi connectivity index (χ2n) is 15.1. The van der Waals surface area contributed by atoms with Gasteiger partial charge in [-0.3, -0.25) is 9.59 Å². The maximum atomic E-state index is 11.9. The van der Waals surface area contributed by atoms with Crippen LogP contribution in [0.2, 0.25) is 0 Å². The molecule has 0 aromatic heterocycles. The predicted octanol–water partition coefficient (Wildman–Crippen LogP) is 9.62. The first-order valence-electron chi connectivity index (χ1n) is 20.2. The highest BCUT2D eigenvalue weighted by Crippen LogP contribution is 2.56. The van der Waals surface area contributed by atoms with Crippen molar-refractivity contribution in [3.8, 4) is 34.1 Å². The molecular formula is C53H42O8. The third kappa shape index (κ3) is 7.48. The van der Waals surface area contributed by atoms with Gasteiger partial charge in [0.1, 0.15) is 61.6 Å². The van der Waals surface area contributed by atoms with E-state index in [4.69, 9.17) is 18.9 Å². The van der Waals surface area contributed by atoms with Gasteiger partial charge in [-0.05, 0) is 91.3 Å². The molecule has 8 aromatic rings. The molecule has 2 atom stereocenters. The highest BCUT2D eigenvalue weighted by molar-refractivity contribution is 6.01. The number of ether oxygens (including phenoxy) is 4. The van der Waals surface area contributed by atoms with Crippen LogP contribution in [0.15, 0.2) is 170 Å². The number of aliphatic hydroxyl groups excluding tert-OH is 2. The first-order chi connectivity index (χ1) is 30.0. The zero-order valence-corrected chi connectivity index (χ0v) is 33.1. The summed E-state index contributed by atoms with van der Waals surface area (Å²) in [5.41, 5.74) is 6.87. The van der Waals surface area contributed by atoms with Crippen molar-refractivity contribution in [1.82, 2.24) is 0 Å². The van der Waals surface area contributed by atoms with E-state index in [0.717, 1.165) is 67.5 Å². The minimum Gasteiger partial charge on any atom is -0.491 e. The molecule has 8 nitrogen and oxygen atoms in total. The first kappa shape index (κ1) is 39.2. The van der Waals surface area contributed by atoms with Crippen LogP contribution >= 0.6 is 0 Å². The number of carbonyl (C=O) groups is 2. The Morgan fingerprint density at radius 2 is 0.803 bits per heavy atom. The lowest BCUT2D eigenvalue weighted by Gasteiger charge is -2.34. The smallest absolute Gasteiger partial charge is 0.154 e. The van der Waals surface area contributed by atoms with Crippen LogP contribution in [-0.4, -0.2) is 61.4 Å². The Morgan fingerprint density at radius 3 is 1.23 bits per heavy atom. The fourth-order valence-corrected chi connectivity index (χ4v) is 8.53. The van der Waals surface area contributed by atoms with Gasteiger partial charge >= 0.3 is 0 Å². The summed E-state index contributed by atoms with van der Waals surface area (Å²) < 4.78 is 23.9. The van der Waals surface area contributed by atoms with Crippen molar-refractivity contribution in [1.29, 1.82) is 0 Å². The fourth-order valence-electron chi connectivity index (χ4n) is 8.53. The number of hydrogen-bond acceptors (Lipinski definition) is 8. The largest absolute Gasteiger partial charge is 0.491 e. The van der Waals surface area contributed by atoms with E-state index in [1.165, 1.54) is 0 Å². The summed E-state index contributed by atoms with van der Waals surface area (Å²) >= 11 is 0. The summed E-state index contributed by atoms with van der Waals surface area (Å²) in [5, 5.41) is 25.1. The highest BCUT2D eigenvalue weighted by Gasteiger charge is 2.45. The molecule has 0 aliphatic heterocycles. The number of fused-ring (bicyclic) bond motifs is 5. The van der Waals surface area contributed by atoms with Crippen molar-refractivity contribution >= 4 is 34.1 Å². The lowest BCUT2D eigenvalue weighted by atomic mass is 9.68. The van der Waals surface area contributed by atoms with Crippen LogP contribution in [0, 0.1) is 0 Å². The molecule has 0 saturated heterocycles. The van der Waals surface area contributed by atoms with Crippen LogP contribution in [0.1, 0.15) is 43.0 Å². The van der Waals surface area contributed by atoms with E-state index in [9.17, 15) is 19.8 Å². The van der Waals surface area contributed by atoms with Gasteiger partial charge in [0.05, 0.1) is 16.5 Å². The van der Waals surface area contributed by atoms with Crippen LogP contribution in [0.25, 0.3) is 32.7 Å². The van der Waals surface area contributed by atoms with Crippen molar-refractivity contribution in [2.45, 2.75) is 17.6 Å². The van der Waals surface area contributed by atoms with E-state index >= 15 is 0 Å². The van der Waals surface area contributed by atoms with E-state index in [1.54, 1.807) is 12.1 Å². The summed E-state index contributed by atoms with van der Waals surface area (Å²) in [6.45, 7) is -0.112. The Bertz CT molecular complexity index is 2650. The highest BCUT2D eigenvalue weighted by atomic mass is 16.5. The standard InChI is InChI=1S/C53H42O8/c54-29-47-43-11-3-1-9-35(43)17-27-51(47)60-33-39(56)31-58-41-23-19-37(20-24-41)53(49-15-7-5-13-45(49)46-14-6-8-16-50(46)53)38-21-25-42(26-22-38)59-32-40(57)34-61-52-28-18-36-10-2-4-12-44(36)48(52)30-55/h1-30,39-40,56-57H,31-34H2. The molecule has 8 aromatic carbocycles. The first-order valence-corrected chi connectivity index (χ1v) is 20.2. The lowest BCUT2D eigenvalue weighted by molar-refractivity contribution is 0.0623. The van der Waals surface area contributed by atoms with E-state index in [2.05, 4.69) is 72.8 Å². The molecule has 0 amide bonds. The summed E-state index contributed by atoms with van der Waals surface area (Å²) in [6.07, 6.45) is -0.328. The second kappa shape index (κ2) is 17.1. The molecular weight excluding hydrogens is 765 g/mol. The van der Waals surface area contributed by atoms with Crippen LogP contribution in [0.3, 0.4) is 0 Å². The average molecular weight is 807 g/mol. The molecule has 9 rings (SSSR count). The van der Waals surface area contributed by atoms with Gasteiger partial charge in [-0.2, -0.15) is 0 Å². The Kier molecular flexibility index (Phi) is 11.0. The number of aldehydes is 2. The van der Waals surface area contributed by atoms with Crippen molar-refractivity contribution in [3.05, 3.63) is 203 Å². The van der Waals surface area contributed by atoms with E-state index in [0.29, 0.717) is 34.1 Å². The molecule has 302 valence electrons. The molecule has 0 fully saturated rings. The Morgan fingerprint density at radius 1 is 0.426 bits per heavy atom. The maximum Gasteiger partial charge on any atom is 0.154 e. The number of aliphatic hydroxyl groups is 2. The summed E-state index contributed by atoms with van der Waals surface area (Å²) in [4.78, 5) is 23.9. The van der Waals surface area contributed by atoms with Crippen LogP contribution < -0.4 is 18.9 Å². The van der Waals surface area contributed by atoms with Crippen molar-refractivity contribution < 1.29 is 38.7 Å². The molecule has 0 spiro atoms. The normalized spacial score (nSPS) is 13.5. The fraction of sp³-hybridized carbons (Fsp3) is 0.132. The Labute approximate surface area is 353 Å². The zero-order valence-electron chi connectivity index (χ0n) is 33.1. The average Bonchev–Trinajstić information content (AvgIpc) is 3.62. The van der Waals surface area contributed by atoms with E-state index < -0.39 is 17.6 Å². The molecule has 0 radical (unpaired) electrons. The third-order valence-electron chi connectivity index (χ3n) is 11.4. The van der Waals surface area contributed by atoms with Crippen molar-refractivity contribution in [2.24, 2.45) is 0 Å². The number of benzene rings is 8. The lowest BCUT2D eigenvalue weighted by Crippen LogP contribution is -2.29. The molecule has 8 heteroatoms. The van der Waals surface area contributed by atoms with Gasteiger partial charge in [0.25, 0.3) is 0 Å². The molecule has 0 heterocycles. The SMILES string of the molecule is O=Cc1c(OCC(O)COc2ccc(C3(c4ccc(OCC(O)COc5ccc6ccccc6c5C=O)cc4)c4ccccc4-c4ccccc43)cc2)ccc2ccccc12. The molecule has 0 bridgehead atoms. The molecule has 1 aliphatic carbocycles. The maximum absolute atomic E-state index is 11.9. The zero-order chi connectivity index (χ0) is 41.8. The van der Waals surface area contributed by atoms with Crippen LogP contribution in [0.5, 0.6) is 23.0 Å². The van der Waals surface area contributed by atoms with Gasteiger partial charge in [-0.25, -0.2) is 0 Å². The van der Waals surface area contributed by atoms with Crippen molar-refractivity contribution in [3.63, 3.8) is 0 Å². The van der Waals surface area contributed by atoms with Gasteiger partial charge in [0.15, 0.2) is 12.6 Å². The van der Waals surface area contributed by atoms with Gasteiger partial charge in [-0.15, -0.1) is 0 Å². The van der Waals surface area contributed by atoms with Gasteiger partial charge < -0.3 is 29.2 Å². The van der Waals surface area contributed by atoms with E-state index in [1.807, 2.05) is 84.9 Å². The molecule has 1 aliphatic rings. The topological polar surface area (TPSA) is 112 Å². The van der Waals surface area contributed by atoms with E-state index in [-0.39, 0.29) is 26.4 Å². The minimum atomic E-state index is -0.945. The van der Waals surface area contributed by atoms with Crippen LogP contribution in [-0.2, 0) is 5.41 Å². The third-order valence-corrected chi connectivity index (χ3v) is 11.4. The van der Waals surface area contributed by atoms with Gasteiger partial charge in [-0.1, -0.05) is 133 Å². The Hall–Kier alpha value is -7.26. The number of rotatable bonds is 16. The monoisotopic (exact) mass is 806 g/mol. The molecule has 61 heavy (non-hydrogen) atoms. The Balaban J connectivity index is 0.908. The van der Waals surface area contributed by atoms with Gasteiger partial charge in [0.2, 0.25) is 0 Å². The number of hydrogen-bond donors (Lipinski definition) is 2. The minimum absolute atomic E-state index is 0.00827. The predicted molar refractivity (Wildman–Crippen MR) is 236 cm³/mol. The van der Waals surface area contributed by atoms with Crippen molar-refractivity contribution in [2.75, 3.05) is 26.4 Å². The summed E-state index contributed by atoms with van der Waals surface area (Å²) in [6, 6.07) is 55.3. The van der Waals surface area contributed by atoms with Gasteiger partial charge in [0, 0.05) is 0 Å². The molecule has 2 N–H and O–H groups in total. The number of carbonyl (C=O) groups excluding carboxylic acids is 2. The summed E-state index contributed by atoms with van der Waals surface area (Å²) in [7, 11) is 0. The second-order valence-corrected chi connectivity index (χ2v) is 15.1. The molecule has 0 saturated carbocycles.